The van der Waals surface area contributed by atoms with E-state index in [9.17, 15) is 0 Å². The van der Waals surface area contributed by atoms with Crippen molar-refractivity contribution in [1.82, 2.24) is 0 Å². The molecule has 0 heterocycles. The fourth-order valence-electron chi connectivity index (χ4n) is 2.47. The lowest BCUT2D eigenvalue weighted by Crippen LogP contribution is -2.09. The average Bonchev–Trinajstić information content (AvgIpc) is 2.68. The molecule has 27 heavy (non-hydrogen) atoms. The fourth-order valence-corrected chi connectivity index (χ4v) is 2.47. The van der Waals surface area contributed by atoms with Gasteiger partial charge in [0.2, 0.25) is 0 Å². The van der Waals surface area contributed by atoms with Crippen LogP contribution in [0, 0.1) is 13.8 Å². The second-order valence-electron chi connectivity index (χ2n) is 6.30. The second-order valence-corrected chi connectivity index (χ2v) is 6.30. The molecule has 0 bridgehead atoms. The molecule has 2 heteroatoms. The SMILES string of the molecule is CCC.CCO.Cc1ccc(N(c2ccccc2)c2ccccc2)cc1C. The number of hydrogen-bond donors (Lipinski definition) is 1. The summed E-state index contributed by atoms with van der Waals surface area (Å²) in [6.45, 7) is 10.5. The Morgan fingerprint density at radius 3 is 1.41 bits per heavy atom. The van der Waals surface area contributed by atoms with Crippen LogP contribution in [-0.4, -0.2) is 11.7 Å². The van der Waals surface area contributed by atoms with E-state index in [0.29, 0.717) is 0 Å². The normalized spacial score (nSPS) is 9.41. The standard InChI is InChI=1S/C20H19N.C3H8.C2H6O/c1-16-13-14-20(15-17(16)2)21(18-9-5-3-6-10-18)19-11-7-4-8-12-19;1-3-2;1-2-3/h3-15H,1-2H3;3H2,1-2H3;3H,2H2,1H3. The quantitative estimate of drug-likeness (QED) is 0.532. The van der Waals surface area contributed by atoms with Crippen molar-refractivity contribution in [2.75, 3.05) is 11.5 Å². The van der Waals surface area contributed by atoms with Gasteiger partial charge in [-0.15, -0.1) is 0 Å². The lowest BCUT2D eigenvalue weighted by molar-refractivity contribution is 0.318. The van der Waals surface area contributed by atoms with Crippen LogP contribution in [0.15, 0.2) is 78.9 Å². The van der Waals surface area contributed by atoms with E-state index in [0.717, 1.165) is 0 Å². The molecule has 0 radical (unpaired) electrons. The highest BCUT2D eigenvalue weighted by Crippen LogP contribution is 2.34. The molecule has 0 atom stereocenters. The monoisotopic (exact) mass is 363 g/mol. The first-order valence-corrected chi connectivity index (χ1v) is 9.67. The topological polar surface area (TPSA) is 23.5 Å². The zero-order chi connectivity index (χ0) is 20.1. The van der Waals surface area contributed by atoms with Gasteiger partial charge in [-0.3, -0.25) is 0 Å². The average molecular weight is 364 g/mol. The molecule has 3 aromatic carbocycles. The summed E-state index contributed by atoms with van der Waals surface area (Å²) in [5.41, 5.74) is 6.17. The minimum atomic E-state index is 0.250. The first kappa shape index (κ1) is 22.5. The summed E-state index contributed by atoms with van der Waals surface area (Å²) >= 11 is 0. The van der Waals surface area contributed by atoms with Crippen molar-refractivity contribution in [1.29, 1.82) is 0 Å². The van der Waals surface area contributed by atoms with Gasteiger partial charge >= 0.3 is 0 Å². The van der Waals surface area contributed by atoms with Crippen LogP contribution >= 0.6 is 0 Å². The smallest absolute Gasteiger partial charge is 0.0464 e. The van der Waals surface area contributed by atoms with Crippen LogP contribution < -0.4 is 4.90 Å². The predicted molar refractivity (Wildman–Crippen MR) is 119 cm³/mol. The van der Waals surface area contributed by atoms with E-state index in [-0.39, 0.29) is 6.61 Å². The molecule has 0 aliphatic heterocycles. The van der Waals surface area contributed by atoms with Crippen LogP contribution in [0.3, 0.4) is 0 Å². The lowest BCUT2D eigenvalue weighted by atomic mass is 10.1. The van der Waals surface area contributed by atoms with Crippen molar-refractivity contribution in [3.8, 4) is 0 Å². The molecule has 1 N–H and O–H groups in total. The summed E-state index contributed by atoms with van der Waals surface area (Å²) in [6, 6.07) is 27.6. The number of aliphatic hydroxyl groups is 1. The van der Waals surface area contributed by atoms with Crippen molar-refractivity contribution in [2.45, 2.75) is 41.0 Å². The minimum Gasteiger partial charge on any atom is -0.397 e. The molecule has 0 amide bonds. The maximum absolute atomic E-state index is 7.57. The number of aryl methyl sites for hydroxylation is 2. The zero-order valence-electron chi connectivity index (χ0n) is 17.3. The van der Waals surface area contributed by atoms with E-state index in [1.807, 2.05) is 12.1 Å². The maximum Gasteiger partial charge on any atom is 0.0464 e. The Morgan fingerprint density at radius 1 is 0.630 bits per heavy atom. The molecule has 2 nitrogen and oxygen atoms in total. The van der Waals surface area contributed by atoms with Gasteiger partial charge in [-0.05, 0) is 68.3 Å². The van der Waals surface area contributed by atoms with Crippen LogP contribution in [-0.2, 0) is 0 Å². The maximum atomic E-state index is 7.57. The van der Waals surface area contributed by atoms with Gasteiger partial charge < -0.3 is 10.0 Å². The molecule has 3 rings (SSSR count). The Kier molecular flexibility index (Phi) is 10.6. The van der Waals surface area contributed by atoms with Crippen molar-refractivity contribution >= 4 is 17.1 Å². The van der Waals surface area contributed by atoms with Gasteiger partial charge in [0.05, 0.1) is 0 Å². The summed E-state index contributed by atoms with van der Waals surface area (Å²) in [6.07, 6.45) is 1.25. The Morgan fingerprint density at radius 2 is 1.04 bits per heavy atom. The van der Waals surface area contributed by atoms with Crippen LogP contribution in [0.1, 0.15) is 38.3 Å². The molecule has 0 fully saturated rings. The second kappa shape index (κ2) is 12.7. The molecule has 0 aliphatic rings. The van der Waals surface area contributed by atoms with Gasteiger partial charge in [0, 0.05) is 23.7 Å². The number of benzene rings is 3. The van der Waals surface area contributed by atoms with E-state index in [4.69, 9.17) is 5.11 Å². The third-order valence-electron chi connectivity index (χ3n) is 3.78. The van der Waals surface area contributed by atoms with E-state index >= 15 is 0 Å². The number of nitrogens with zero attached hydrogens (tertiary/aromatic N) is 1. The molecule has 0 saturated heterocycles. The Balaban J connectivity index is 0.000000540. The first-order chi connectivity index (χ1) is 13.1. The molecule has 144 valence electrons. The largest absolute Gasteiger partial charge is 0.397 e. The Bertz CT molecular complexity index is 712. The van der Waals surface area contributed by atoms with Gasteiger partial charge in [0.25, 0.3) is 0 Å². The third-order valence-corrected chi connectivity index (χ3v) is 3.78. The molecule has 0 saturated carbocycles. The molecule has 0 aliphatic carbocycles. The number of aliphatic hydroxyl groups excluding tert-OH is 1. The fraction of sp³-hybridized carbons (Fsp3) is 0.280. The van der Waals surface area contributed by atoms with Gasteiger partial charge in [0.1, 0.15) is 0 Å². The minimum absolute atomic E-state index is 0.250. The number of anilines is 3. The van der Waals surface area contributed by atoms with Gasteiger partial charge in [-0.25, -0.2) is 0 Å². The van der Waals surface area contributed by atoms with Crippen molar-refractivity contribution in [2.24, 2.45) is 0 Å². The zero-order valence-corrected chi connectivity index (χ0v) is 17.3. The van der Waals surface area contributed by atoms with Crippen molar-refractivity contribution in [3.05, 3.63) is 90.0 Å². The van der Waals surface area contributed by atoms with E-state index in [1.165, 1.54) is 34.6 Å². The molecule has 3 aromatic rings. The summed E-state index contributed by atoms with van der Waals surface area (Å²) in [4.78, 5) is 2.28. The molecule has 0 aromatic heterocycles. The number of rotatable bonds is 3. The van der Waals surface area contributed by atoms with Crippen LogP contribution in [0.4, 0.5) is 17.1 Å². The van der Waals surface area contributed by atoms with Crippen molar-refractivity contribution in [3.63, 3.8) is 0 Å². The Hall–Kier alpha value is -2.58. The van der Waals surface area contributed by atoms with Crippen LogP contribution in [0.5, 0.6) is 0 Å². The molecule has 0 spiro atoms. The molecule has 0 unspecified atom stereocenters. The summed E-state index contributed by atoms with van der Waals surface area (Å²) in [7, 11) is 0. The third kappa shape index (κ3) is 7.28. The highest BCUT2D eigenvalue weighted by atomic mass is 16.2. The number of hydrogen-bond acceptors (Lipinski definition) is 2. The summed E-state index contributed by atoms with van der Waals surface area (Å²) in [5, 5.41) is 7.57. The van der Waals surface area contributed by atoms with Gasteiger partial charge in [-0.1, -0.05) is 62.7 Å². The van der Waals surface area contributed by atoms with Crippen LogP contribution in [0.25, 0.3) is 0 Å². The van der Waals surface area contributed by atoms with E-state index in [1.54, 1.807) is 6.92 Å². The number of para-hydroxylation sites is 2. The summed E-state index contributed by atoms with van der Waals surface area (Å²) < 4.78 is 0. The van der Waals surface area contributed by atoms with Gasteiger partial charge in [0.15, 0.2) is 0 Å². The van der Waals surface area contributed by atoms with Crippen molar-refractivity contribution < 1.29 is 5.11 Å². The highest BCUT2D eigenvalue weighted by molar-refractivity contribution is 5.76. The summed E-state index contributed by atoms with van der Waals surface area (Å²) in [5.74, 6) is 0. The predicted octanol–water partition coefficient (Wildman–Crippen LogP) is 7.19. The van der Waals surface area contributed by atoms with E-state index in [2.05, 4.69) is 99.3 Å². The lowest BCUT2D eigenvalue weighted by Gasteiger charge is -2.26. The molecular formula is C25H33NO. The van der Waals surface area contributed by atoms with Gasteiger partial charge in [-0.2, -0.15) is 0 Å². The first-order valence-electron chi connectivity index (χ1n) is 9.67. The highest BCUT2D eigenvalue weighted by Gasteiger charge is 2.11. The Labute approximate surface area is 165 Å². The molecular weight excluding hydrogens is 330 g/mol. The van der Waals surface area contributed by atoms with Crippen LogP contribution in [0.2, 0.25) is 0 Å². The van der Waals surface area contributed by atoms with E-state index < -0.39 is 0 Å².